The lowest BCUT2D eigenvalue weighted by Gasteiger charge is -1.69. The normalized spacial score (nSPS) is 7.50. The molecule has 0 saturated carbocycles. The molecule has 0 aliphatic carbocycles. The number of nitrogens with two attached hydrogens (primary N) is 1. The van der Waals surface area contributed by atoms with Crippen LogP contribution in [0.4, 0.5) is 0 Å². The quantitative estimate of drug-likeness (QED) is 0.424. The summed E-state index contributed by atoms with van der Waals surface area (Å²) < 4.78 is 0. The Labute approximate surface area is 33.1 Å². The topological polar surface area (TPSA) is 26.0 Å². The first-order valence-corrected chi connectivity index (χ1v) is 1.86. The Morgan fingerprint density at radius 2 is 2.25 bits per heavy atom. The molecule has 0 unspecified atom stereocenters. The minimum atomic E-state index is 0. The van der Waals surface area contributed by atoms with Crippen LogP contribution in [0.25, 0.3) is 0 Å². The molecule has 0 bridgehead atoms. The van der Waals surface area contributed by atoms with Gasteiger partial charge in [-0.25, -0.2) is 0 Å². The summed E-state index contributed by atoms with van der Waals surface area (Å²) in [6, 6.07) is 0. The van der Waals surface area contributed by atoms with E-state index in [9.17, 15) is 0 Å². The van der Waals surface area contributed by atoms with Gasteiger partial charge in [0.1, 0.15) is 0 Å². The van der Waals surface area contributed by atoms with Crippen LogP contribution in [0.3, 0.4) is 0 Å². The highest BCUT2D eigenvalue weighted by molar-refractivity contribution is 7.80. The van der Waals surface area contributed by atoms with E-state index in [0.29, 0.717) is 6.54 Å². The van der Waals surface area contributed by atoms with Gasteiger partial charge in [0.2, 0.25) is 0 Å². The molecular weight excluding hydrogens is 70.1 g/mol. The fraction of sp³-hybridized carbons (Fsp3) is 1.00. The predicted molar refractivity (Wildman–Crippen MR) is 24.0 cm³/mol. The molecule has 0 aromatic heterocycles. The van der Waals surface area contributed by atoms with Gasteiger partial charge in [-0.3, -0.25) is 0 Å². The molecule has 4 heavy (non-hydrogen) atoms. The molecule has 0 spiro atoms. The van der Waals surface area contributed by atoms with Crippen molar-refractivity contribution in [3.8, 4) is 0 Å². The molecule has 0 atom stereocenters. The second kappa shape index (κ2) is 3.31. The van der Waals surface area contributed by atoms with Crippen molar-refractivity contribution >= 4 is 12.6 Å². The summed E-state index contributed by atoms with van der Waals surface area (Å²) in [6.07, 6.45) is 0. The van der Waals surface area contributed by atoms with Gasteiger partial charge in [0.05, 0.1) is 0 Å². The molecule has 0 aliphatic rings. The standard InChI is InChI=1S/C2H7NS/c3-1-2-4/h4H,1-3H2/p+1. The average molecular weight is 78.2 g/mol. The van der Waals surface area contributed by atoms with Crippen LogP contribution >= 0.6 is 12.6 Å². The molecule has 0 fully saturated rings. The summed E-state index contributed by atoms with van der Waals surface area (Å²) in [4.78, 5) is 0. The van der Waals surface area contributed by atoms with E-state index in [1.165, 1.54) is 0 Å². The Hall–Kier alpha value is 0.310. The smallest absolute Gasteiger partial charge is 0.330 e. The molecule has 0 aromatic rings. The first-order chi connectivity index (χ1) is 1.91. The van der Waals surface area contributed by atoms with Crippen molar-refractivity contribution in [1.29, 1.82) is 0 Å². The van der Waals surface area contributed by atoms with Gasteiger partial charge < -0.3 is 5.73 Å². The summed E-state index contributed by atoms with van der Waals surface area (Å²) in [5.41, 5.74) is 4.95. The zero-order chi connectivity index (χ0) is 3.41. The van der Waals surface area contributed by atoms with Gasteiger partial charge in [-0.2, -0.15) is 12.6 Å². The fourth-order valence-electron chi connectivity index (χ4n) is 0. The van der Waals surface area contributed by atoms with Crippen LogP contribution in [0.15, 0.2) is 0 Å². The summed E-state index contributed by atoms with van der Waals surface area (Å²) >= 11 is 3.80. The molecule has 0 radical (unpaired) electrons. The maximum absolute atomic E-state index is 4.95. The van der Waals surface area contributed by atoms with Crippen LogP contribution in [0.2, 0.25) is 0 Å². The monoisotopic (exact) mass is 78.0 g/mol. The molecule has 1 nitrogen and oxygen atoms in total. The zero-order valence-corrected chi connectivity index (χ0v) is 3.33. The molecule has 0 aliphatic heterocycles. The molecule has 0 saturated heterocycles. The largest absolute Gasteiger partial charge is 1.00 e. The Balaban J connectivity index is 0. The van der Waals surface area contributed by atoms with Crippen LogP contribution in [-0.4, -0.2) is 12.3 Å². The van der Waals surface area contributed by atoms with Crippen LogP contribution in [0.1, 0.15) is 1.43 Å². The van der Waals surface area contributed by atoms with E-state index >= 15 is 0 Å². The molecule has 2 N–H and O–H groups in total. The summed E-state index contributed by atoms with van der Waals surface area (Å²) in [7, 11) is 0. The fourth-order valence-corrected chi connectivity index (χ4v) is 0. The molecule has 2 heteroatoms. The van der Waals surface area contributed by atoms with Crippen molar-refractivity contribution in [2.45, 2.75) is 0 Å². The van der Waals surface area contributed by atoms with Crippen LogP contribution in [0, 0.1) is 0 Å². The number of hydrogen-bond acceptors (Lipinski definition) is 2. The maximum Gasteiger partial charge on any atom is 1.00 e. The third-order valence-electron chi connectivity index (χ3n) is 0.129. The van der Waals surface area contributed by atoms with Gasteiger partial charge in [0.15, 0.2) is 0 Å². The highest BCUT2D eigenvalue weighted by Gasteiger charge is 1.56. The maximum atomic E-state index is 4.95. The summed E-state index contributed by atoms with van der Waals surface area (Å²) in [5.74, 6) is 0.792. The van der Waals surface area contributed by atoms with Crippen molar-refractivity contribution in [3.05, 3.63) is 0 Å². The van der Waals surface area contributed by atoms with Gasteiger partial charge in [0, 0.05) is 12.3 Å². The van der Waals surface area contributed by atoms with E-state index in [1.807, 2.05) is 0 Å². The Bertz CT molecular complexity index is 11.6. The van der Waals surface area contributed by atoms with Gasteiger partial charge in [-0.1, -0.05) is 0 Å². The van der Waals surface area contributed by atoms with Crippen LogP contribution < -0.4 is 5.73 Å². The Morgan fingerprint density at radius 1 is 2.00 bits per heavy atom. The second-order valence-corrected chi connectivity index (χ2v) is 0.959. The number of hydrogen-bond donors (Lipinski definition) is 2. The first-order valence-electron chi connectivity index (χ1n) is 1.22. The van der Waals surface area contributed by atoms with Crippen molar-refractivity contribution in [3.63, 3.8) is 0 Å². The van der Waals surface area contributed by atoms with Gasteiger partial charge >= 0.3 is 1.43 Å². The van der Waals surface area contributed by atoms with Crippen molar-refractivity contribution < 1.29 is 1.43 Å². The summed E-state index contributed by atoms with van der Waals surface area (Å²) in [6.45, 7) is 0.684. The van der Waals surface area contributed by atoms with Gasteiger partial charge in [0.25, 0.3) is 0 Å². The summed E-state index contributed by atoms with van der Waals surface area (Å²) in [5, 5.41) is 0. The molecule has 26 valence electrons. The lowest BCUT2D eigenvalue weighted by atomic mass is 10.8. The van der Waals surface area contributed by atoms with E-state index in [0.717, 1.165) is 5.75 Å². The average Bonchev–Trinajstić information content (AvgIpc) is 1.37. The van der Waals surface area contributed by atoms with E-state index in [1.54, 1.807) is 0 Å². The van der Waals surface area contributed by atoms with Crippen LogP contribution in [-0.2, 0) is 0 Å². The van der Waals surface area contributed by atoms with E-state index in [4.69, 9.17) is 5.73 Å². The molecule has 0 heterocycles. The zero-order valence-electron chi connectivity index (χ0n) is 3.44. The lowest BCUT2D eigenvalue weighted by Crippen LogP contribution is -1.97. The second-order valence-electron chi connectivity index (χ2n) is 0.512. The Morgan fingerprint density at radius 3 is 2.25 bits per heavy atom. The van der Waals surface area contributed by atoms with Crippen LogP contribution in [0.5, 0.6) is 0 Å². The third kappa shape index (κ3) is 2.31. The SMILES string of the molecule is NCCS.[H+]. The lowest BCUT2D eigenvalue weighted by molar-refractivity contribution is 1.16. The van der Waals surface area contributed by atoms with E-state index < -0.39 is 0 Å². The minimum Gasteiger partial charge on any atom is -0.330 e. The molecule has 0 rings (SSSR count). The highest BCUT2D eigenvalue weighted by atomic mass is 32.1. The number of thiol groups is 1. The van der Waals surface area contributed by atoms with Crippen molar-refractivity contribution in [2.75, 3.05) is 12.3 Å². The number of rotatable bonds is 1. The van der Waals surface area contributed by atoms with E-state index in [-0.39, 0.29) is 1.43 Å². The van der Waals surface area contributed by atoms with Crippen molar-refractivity contribution in [1.82, 2.24) is 0 Å². The molecule has 0 amide bonds. The molecular formula is C2H8NS+. The molecule has 0 aromatic carbocycles. The predicted octanol–water partition coefficient (Wildman–Crippen LogP) is -0.0126. The first kappa shape index (κ1) is 4.31. The Kier molecular flexibility index (Phi) is 3.57. The minimum absolute atomic E-state index is 0. The third-order valence-corrected chi connectivity index (χ3v) is 0.387. The van der Waals surface area contributed by atoms with Gasteiger partial charge in [-0.15, -0.1) is 0 Å². The van der Waals surface area contributed by atoms with Gasteiger partial charge in [-0.05, 0) is 0 Å². The van der Waals surface area contributed by atoms with E-state index in [2.05, 4.69) is 12.6 Å². The van der Waals surface area contributed by atoms with Crippen molar-refractivity contribution in [2.24, 2.45) is 5.73 Å². The highest BCUT2D eigenvalue weighted by Crippen LogP contribution is 1.58.